The van der Waals surface area contributed by atoms with Gasteiger partial charge in [-0.25, -0.2) is 0 Å². The zero-order valence-corrected chi connectivity index (χ0v) is 9.75. The van der Waals surface area contributed by atoms with Crippen LogP contribution in [0.5, 0.6) is 0 Å². The highest BCUT2D eigenvalue weighted by molar-refractivity contribution is 9.10. The smallest absolute Gasteiger partial charge is 0.0865 e. The van der Waals surface area contributed by atoms with Gasteiger partial charge in [0.05, 0.1) is 13.4 Å². The third-order valence-electron chi connectivity index (χ3n) is 2.42. The number of hydrogen-bond donors (Lipinski definition) is 0. The average molecular weight is 253 g/mol. The van der Waals surface area contributed by atoms with E-state index in [9.17, 15) is 0 Å². The summed E-state index contributed by atoms with van der Waals surface area (Å²) in [4.78, 5) is 0. The third-order valence-corrected chi connectivity index (χ3v) is 2.91. The van der Waals surface area contributed by atoms with Crippen molar-refractivity contribution >= 4 is 21.5 Å². The fourth-order valence-electron chi connectivity index (χ4n) is 1.59. The first kappa shape index (κ1) is 9.78. The van der Waals surface area contributed by atoms with Crippen LogP contribution in [0.2, 0.25) is 0 Å². The normalized spacial score (nSPS) is 16.9. The van der Waals surface area contributed by atoms with Gasteiger partial charge < -0.3 is 4.74 Å². The standard InChI is InChI=1S/C12H13BrO/c1-14-8-12(9-5-6-9)10-3-2-4-11(13)7-10/h2-4,7-9H,5-6H2,1H3/b12-8+. The van der Waals surface area contributed by atoms with Crippen LogP contribution in [-0.4, -0.2) is 7.11 Å². The summed E-state index contributed by atoms with van der Waals surface area (Å²) in [7, 11) is 1.71. The van der Waals surface area contributed by atoms with Crippen molar-refractivity contribution in [2.24, 2.45) is 5.92 Å². The van der Waals surface area contributed by atoms with Crippen LogP contribution in [0.4, 0.5) is 0 Å². The minimum absolute atomic E-state index is 0.712. The van der Waals surface area contributed by atoms with Gasteiger partial charge in [0, 0.05) is 4.47 Å². The van der Waals surface area contributed by atoms with Gasteiger partial charge in [-0.2, -0.15) is 0 Å². The molecule has 0 radical (unpaired) electrons. The molecule has 74 valence electrons. The van der Waals surface area contributed by atoms with Crippen LogP contribution < -0.4 is 0 Å². The summed E-state index contributed by atoms with van der Waals surface area (Å²) in [5.41, 5.74) is 2.59. The van der Waals surface area contributed by atoms with Crippen molar-refractivity contribution in [3.05, 3.63) is 40.6 Å². The molecule has 1 aliphatic rings. The van der Waals surface area contributed by atoms with Crippen molar-refractivity contribution < 1.29 is 4.74 Å². The van der Waals surface area contributed by atoms with Gasteiger partial charge in [0.2, 0.25) is 0 Å². The fourth-order valence-corrected chi connectivity index (χ4v) is 1.99. The van der Waals surface area contributed by atoms with Crippen LogP contribution >= 0.6 is 15.9 Å². The minimum atomic E-state index is 0.712. The molecule has 0 N–H and O–H groups in total. The molecule has 1 aliphatic carbocycles. The van der Waals surface area contributed by atoms with Gasteiger partial charge in [-0.15, -0.1) is 0 Å². The molecule has 1 aromatic carbocycles. The Labute approximate surface area is 92.9 Å². The lowest BCUT2D eigenvalue weighted by molar-refractivity contribution is 0.338. The maximum atomic E-state index is 5.12. The summed E-state index contributed by atoms with van der Waals surface area (Å²) < 4.78 is 6.25. The van der Waals surface area contributed by atoms with Crippen molar-refractivity contribution in [3.8, 4) is 0 Å². The Morgan fingerprint density at radius 1 is 1.50 bits per heavy atom. The zero-order chi connectivity index (χ0) is 9.97. The summed E-state index contributed by atoms with van der Waals surface area (Å²) in [6.45, 7) is 0. The van der Waals surface area contributed by atoms with E-state index in [1.807, 2.05) is 12.3 Å². The van der Waals surface area contributed by atoms with E-state index in [-0.39, 0.29) is 0 Å². The van der Waals surface area contributed by atoms with Gasteiger partial charge in [-0.3, -0.25) is 0 Å². The summed E-state index contributed by atoms with van der Waals surface area (Å²) >= 11 is 3.48. The van der Waals surface area contributed by atoms with Crippen LogP contribution in [0.15, 0.2) is 35.0 Å². The van der Waals surface area contributed by atoms with E-state index in [4.69, 9.17) is 4.74 Å². The lowest BCUT2D eigenvalue weighted by Gasteiger charge is -2.06. The van der Waals surface area contributed by atoms with E-state index in [1.165, 1.54) is 24.0 Å². The molecular weight excluding hydrogens is 240 g/mol. The van der Waals surface area contributed by atoms with Crippen molar-refractivity contribution in [1.82, 2.24) is 0 Å². The second kappa shape index (κ2) is 4.18. The molecule has 0 amide bonds. The molecule has 1 aromatic rings. The number of allylic oxidation sites excluding steroid dienone is 1. The fraction of sp³-hybridized carbons (Fsp3) is 0.333. The molecule has 0 unspecified atom stereocenters. The van der Waals surface area contributed by atoms with E-state index >= 15 is 0 Å². The monoisotopic (exact) mass is 252 g/mol. The number of benzene rings is 1. The van der Waals surface area contributed by atoms with Gasteiger partial charge in [0.15, 0.2) is 0 Å². The van der Waals surface area contributed by atoms with Crippen molar-refractivity contribution in [3.63, 3.8) is 0 Å². The largest absolute Gasteiger partial charge is 0.504 e. The molecule has 0 bridgehead atoms. The molecule has 0 aliphatic heterocycles. The zero-order valence-electron chi connectivity index (χ0n) is 8.16. The van der Waals surface area contributed by atoms with Crippen LogP contribution in [0.1, 0.15) is 18.4 Å². The number of halogens is 1. The Bertz CT molecular complexity index is 353. The highest BCUT2D eigenvalue weighted by Gasteiger charge is 2.27. The van der Waals surface area contributed by atoms with Gasteiger partial charge >= 0.3 is 0 Å². The quantitative estimate of drug-likeness (QED) is 0.743. The molecule has 0 spiro atoms. The summed E-state index contributed by atoms with van der Waals surface area (Å²) in [5.74, 6) is 0.712. The lowest BCUT2D eigenvalue weighted by atomic mass is 10.0. The Morgan fingerprint density at radius 2 is 2.29 bits per heavy atom. The minimum Gasteiger partial charge on any atom is -0.504 e. The first-order valence-electron chi connectivity index (χ1n) is 4.80. The molecular formula is C12H13BrO. The molecule has 1 fully saturated rings. The molecule has 1 saturated carbocycles. The number of rotatable bonds is 3. The van der Waals surface area contributed by atoms with Crippen molar-refractivity contribution in [2.75, 3.05) is 7.11 Å². The molecule has 0 aromatic heterocycles. The summed E-state index contributed by atoms with van der Waals surface area (Å²) in [6, 6.07) is 8.38. The van der Waals surface area contributed by atoms with Crippen molar-refractivity contribution in [1.29, 1.82) is 0 Å². The Morgan fingerprint density at radius 3 is 2.86 bits per heavy atom. The van der Waals surface area contributed by atoms with Crippen LogP contribution in [0, 0.1) is 5.92 Å². The van der Waals surface area contributed by atoms with Gasteiger partial charge in [-0.05, 0) is 42.0 Å². The number of hydrogen-bond acceptors (Lipinski definition) is 1. The van der Waals surface area contributed by atoms with E-state index in [0.717, 1.165) is 4.47 Å². The third kappa shape index (κ3) is 2.18. The highest BCUT2D eigenvalue weighted by Crippen LogP contribution is 2.42. The molecule has 0 saturated heterocycles. The van der Waals surface area contributed by atoms with E-state index in [1.54, 1.807) is 7.11 Å². The Kier molecular flexibility index (Phi) is 2.92. The molecule has 2 heteroatoms. The Balaban J connectivity index is 2.30. The average Bonchev–Trinajstić information content (AvgIpc) is 2.97. The molecule has 0 atom stereocenters. The molecule has 2 rings (SSSR count). The predicted octanol–water partition coefficient (Wildman–Crippen LogP) is 3.85. The SMILES string of the molecule is CO/C=C(/c1cccc(Br)c1)C1CC1. The second-order valence-electron chi connectivity index (χ2n) is 3.59. The van der Waals surface area contributed by atoms with Gasteiger partial charge in [-0.1, -0.05) is 28.1 Å². The van der Waals surface area contributed by atoms with Gasteiger partial charge in [0.25, 0.3) is 0 Å². The van der Waals surface area contributed by atoms with Crippen LogP contribution in [-0.2, 0) is 4.74 Å². The highest BCUT2D eigenvalue weighted by atomic mass is 79.9. The Hall–Kier alpha value is -0.760. The molecule has 0 heterocycles. The second-order valence-corrected chi connectivity index (χ2v) is 4.51. The maximum Gasteiger partial charge on any atom is 0.0865 e. The van der Waals surface area contributed by atoms with E-state index in [2.05, 4.69) is 34.1 Å². The molecule has 1 nitrogen and oxygen atoms in total. The summed E-state index contributed by atoms with van der Waals surface area (Å²) in [5, 5.41) is 0. The first-order valence-corrected chi connectivity index (χ1v) is 5.59. The van der Waals surface area contributed by atoms with E-state index < -0.39 is 0 Å². The maximum absolute atomic E-state index is 5.12. The molecule has 14 heavy (non-hydrogen) atoms. The predicted molar refractivity (Wildman–Crippen MR) is 61.9 cm³/mol. The van der Waals surface area contributed by atoms with E-state index in [0.29, 0.717) is 5.92 Å². The number of methoxy groups -OCH3 is 1. The lowest BCUT2D eigenvalue weighted by Crippen LogP contribution is -1.87. The van der Waals surface area contributed by atoms with Crippen LogP contribution in [0.25, 0.3) is 5.57 Å². The van der Waals surface area contributed by atoms with Crippen LogP contribution in [0.3, 0.4) is 0 Å². The van der Waals surface area contributed by atoms with Crippen molar-refractivity contribution in [2.45, 2.75) is 12.8 Å². The first-order chi connectivity index (χ1) is 6.81. The number of ether oxygens (including phenoxy) is 1. The summed E-state index contributed by atoms with van der Waals surface area (Å²) in [6.07, 6.45) is 4.46. The topological polar surface area (TPSA) is 9.23 Å². The van der Waals surface area contributed by atoms with Gasteiger partial charge in [0.1, 0.15) is 0 Å².